The Hall–Kier alpha value is -4.50. The molecular weight excluding hydrogens is 438 g/mol. The van der Waals surface area contributed by atoms with E-state index in [0.717, 1.165) is 60.7 Å². The van der Waals surface area contributed by atoms with Crippen LogP contribution in [-0.4, -0.2) is 0 Å². The largest absolute Gasteiger partial charge is 0.456 e. The highest BCUT2D eigenvalue weighted by molar-refractivity contribution is 6.22. The van der Waals surface area contributed by atoms with E-state index in [1.165, 1.54) is 0 Å². The molecule has 0 saturated heterocycles. The van der Waals surface area contributed by atoms with Crippen LogP contribution in [0.15, 0.2) is 114 Å². The van der Waals surface area contributed by atoms with Gasteiger partial charge in [0.15, 0.2) is 11.6 Å². The number of hydrogen-bond acceptors (Lipinski definition) is 1. The van der Waals surface area contributed by atoms with Gasteiger partial charge in [0.2, 0.25) is 0 Å². The van der Waals surface area contributed by atoms with E-state index in [0.29, 0.717) is 5.56 Å². The van der Waals surface area contributed by atoms with Crippen molar-refractivity contribution in [2.24, 2.45) is 0 Å². The van der Waals surface area contributed by atoms with Crippen LogP contribution in [0.5, 0.6) is 0 Å². The van der Waals surface area contributed by atoms with Gasteiger partial charge in [-0.25, -0.2) is 8.78 Å². The number of halogens is 2. The summed E-state index contributed by atoms with van der Waals surface area (Å²) in [7, 11) is 0. The summed E-state index contributed by atoms with van der Waals surface area (Å²) >= 11 is 0. The van der Waals surface area contributed by atoms with Gasteiger partial charge in [0.25, 0.3) is 0 Å². The lowest BCUT2D eigenvalue weighted by atomic mass is 9.85. The second kappa shape index (κ2) is 7.51. The first-order valence-corrected chi connectivity index (χ1v) is 11.5. The van der Waals surface area contributed by atoms with E-state index in [1.54, 1.807) is 12.1 Å². The minimum absolute atomic E-state index is 0.264. The van der Waals surface area contributed by atoms with Gasteiger partial charge in [-0.3, -0.25) is 0 Å². The zero-order valence-electron chi connectivity index (χ0n) is 18.6. The highest BCUT2D eigenvalue weighted by atomic mass is 19.2. The summed E-state index contributed by atoms with van der Waals surface area (Å²) in [5, 5.41) is 5.84. The minimum atomic E-state index is -0.850. The van der Waals surface area contributed by atoms with E-state index in [9.17, 15) is 4.39 Å². The number of fused-ring (bicyclic) bond motifs is 5. The lowest BCUT2D eigenvalue weighted by molar-refractivity contribution is 0.511. The molecule has 1 aromatic heterocycles. The summed E-state index contributed by atoms with van der Waals surface area (Å²) in [5.41, 5.74) is 4.76. The Morgan fingerprint density at radius 1 is 0.457 bits per heavy atom. The third-order valence-electron chi connectivity index (χ3n) is 6.82. The molecular formula is C32H18F2O. The van der Waals surface area contributed by atoms with Crippen molar-refractivity contribution in [3.05, 3.63) is 121 Å². The molecule has 166 valence electrons. The summed E-state index contributed by atoms with van der Waals surface area (Å²) in [4.78, 5) is 0. The fourth-order valence-electron chi connectivity index (χ4n) is 5.31. The molecule has 35 heavy (non-hydrogen) atoms. The first-order valence-electron chi connectivity index (χ1n) is 11.5. The van der Waals surface area contributed by atoms with Crippen LogP contribution >= 0.6 is 0 Å². The van der Waals surface area contributed by atoms with Crippen molar-refractivity contribution in [3.8, 4) is 22.3 Å². The van der Waals surface area contributed by atoms with Crippen LogP contribution in [0.4, 0.5) is 8.78 Å². The molecule has 0 aliphatic carbocycles. The summed E-state index contributed by atoms with van der Waals surface area (Å²) in [6, 6.07) is 34.5. The molecule has 6 aromatic carbocycles. The Morgan fingerprint density at radius 3 is 1.71 bits per heavy atom. The first kappa shape index (κ1) is 19.9. The maximum atomic E-state index is 15.1. The first-order chi connectivity index (χ1) is 17.2. The zero-order chi connectivity index (χ0) is 23.5. The van der Waals surface area contributed by atoms with Crippen molar-refractivity contribution in [3.63, 3.8) is 0 Å². The molecule has 3 heteroatoms. The van der Waals surface area contributed by atoms with Crippen LogP contribution in [0.1, 0.15) is 0 Å². The maximum Gasteiger partial charge on any atom is 0.166 e. The molecule has 7 rings (SSSR count). The monoisotopic (exact) mass is 456 g/mol. The number of hydrogen-bond donors (Lipinski definition) is 0. The van der Waals surface area contributed by atoms with Crippen molar-refractivity contribution < 1.29 is 13.2 Å². The SMILES string of the molecule is Fc1cccc(-c2c3ccccc3c(-c3ccc4oc5ccccc5c4c3)c3ccccc23)c1F. The molecule has 0 aliphatic heterocycles. The molecule has 0 amide bonds. The average Bonchev–Trinajstić information content (AvgIpc) is 3.27. The zero-order valence-corrected chi connectivity index (χ0v) is 18.6. The van der Waals surface area contributed by atoms with Crippen molar-refractivity contribution in [1.82, 2.24) is 0 Å². The Balaban J connectivity index is 1.63. The summed E-state index contributed by atoms with van der Waals surface area (Å²) in [6.07, 6.45) is 0. The van der Waals surface area contributed by atoms with Gasteiger partial charge in [0.05, 0.1) is 0 Å². The fraction of sp³-hybridized carbons (Fsp3) is 0. The molecule has 0 atom stereocenters. The Kier molecular flexibility index (Phi) is 4.27. The fourth-order valence-corrected chi connectivity index (χ4v) is 5.31. The number of rotatable bonds is 2. The Bertz CT molecular complexity index is 1870. The third-order valence-corrected chi connectivity index (χ3v) is 6.82. The van der Waals surface area contributed by atoms with Crippen molar-refractivity contribution in [2.45, 2.75) is 0 Å². The predicted molar refractivity (Wildman–Crippen MR) is 140 cm³/mol. The van der Waals surface area contributed by atoms with Gasteiger partial charge in [0, 0.05) is 21.9 Å². The maximum absolute atomic E-state index is 15.1. The molecule has 0 fully saturated rings. The van der Waals surface area contributed by atoms with Crippen LogP contribution in [0, 0.1) is 11.6 Å². The second-order valence-electron chi connectivity index (χ2n) is 8.75. The van der Waals surface area contributed by atoms with Gasteiger partial charge in [-0.1, -0.05) is 84.9 Å². The van der Waals surface area contributed by atoms with E-state index in [4.69, 9.17) is 4.42 Å². The normalized spacial score (nSPS) is 11.7. The molecule has 0 aliphatic rings. The predicted octanol–water partition coefficient (Wildman–Crippen LogP) is 9.50. The van der Waals surface area contributed by atoms with Crippen LogP contribution < -0.4 is 0 Å². The molecule has 0 bridgehead atoms. The molecule has 1 heterocycles. The summed E-state index contributed by atoms with van der Waals surface area (Å²) in [6.45, 7) is 0. The molecule has 0 spiro atoms. The van der Waals surface area contributed by atoms with Gasteiger partial charge in [-0.05, 0) is 56.9 Å². The topological polar surface area (TPSA) is 13.1 Å². The van der Waals surface area contributed by atoms with E-state index >= 15 is 4.39 Å². The summed E-state index contributed by atoms with van der Waals surface area (Å²) in [5.74, 6) is -1.68. The lowest BCUT2D eigenvalue weighted by Gasteiger charge is -2.18. The van der Waals surface area contributed by atoms with Gasteiger partial charge in [0.1, 0.15) is 11.2 Å². The Morgan fingerprint density at radius 2 is 1.03 bits per heavy atom. The van der Waals surface area contributed by atoms with Gasteiger partial charge in [-0.2, -0.15) is 0 Å². The standard InChI is InChI=1S/C32H18F2O/c33-27-14-7-13-25(32(27)34)31-23-11-3-1-9-21(23)30(22-10-2-4-12-24(22)31)19-16-17-29-26(18-19)20-8-5-6-15-28(20)35-29/h1-18H. The quantitative estimate of drug-likeness (QED) is 0.236. The van der Waals surface area contributed by atoms with Crippen LogP contribution in [0.3, 0.4) is 0 Å². The third kappa shape index (κ3) is 2.91. The lowest BCUT2D eigenvalue weighted by Crippen LogP contribution is -1.94. The van der Waals surface area contributed by atoms with Crippen molar-refractivity contribution in [1.29, 1.82) is 0 Å². The van der Waals surface area contributed by atoms with Gasteiger partial charge >= 0.3 is 0 Å². The molecule has 0 radical (unpaired) electrons. The Labute approximate surface area is 199 Å². The van der Waals surface area contributed by atoms with E-state index < -0.39 is 11.6 Å². The number of furan rings is 1. The van der Waals surface area contributed by atoms with Gasteiger partial charge < -0.3 is 4.42 Å². The second-order valence-corrected chi connectivity index (χ2v) is 8.75. The minimum Gasteiger partial charge on any atom is -0.456 e. The molecule has 0 N–H and O–H groups in total. The highest BCUT2D eigenvalue weighted by Gasteiger charge is 2.20. The molecule has 0 saturated carbocycles. The molecule has 7 aromatic rings. The van der Waals surface area contributed by atoms with Crippen molar-refractivity contribution >= 4 is 43.5 Å². The van der Waals surface area contributed by atoms with Crippen LogP contribution in [0.2, 0.25) is 0 Å². The van der Waals surface area contributed by atoms with Crippen LogP contribution in [-0.2, 0) is 0 Å². The van der Waals surface area contributed by atoms with E-state index in [2.05, 4.69) is 30.3 Å². The summed E-state index contributed by atoms with van der Waals surface area (Å²) < 4.78 is 35.4. The molecule has 1 nitrogen and oxygen atoms in total. The number of benzene rings is 6. The smallest absolute Gasteiger partial charge is 0.166 e. The van der Waals surface area contributed by atoms with Gasteiger partial charge in [-0.15, -0.1) is 0 Å². The highest BCUT2D eigenvalue weighted by Crippen LogP contribution is 2.45. The molecule has 0 unspecified atom stereocenters. The number of para-hydroxylation sites is 1. The van der Waals surface area contributed by atoms with Crippen LogP contribution in [0.25, 0.3) is 65.7 Å². The van der Waals surface area contributed by atoms with E-state index in [-0.39, 0.29) is 5.56 Å². The van der Waals surface area contributed by atoms with Crippen molar-refractivity contribution in [2.75, 3.05) is 0 Å². The van der Waals surface area contributed by atoms with E-state index in [1.807, 2.05) is 60.7 Å². The average molecular weight is 456 g/mol.